The van der Waals surface area contributed by atoms with Crippen LogP contribution >= 0.6 is 0 Å². The monoisotopic (exact) mass is 1430 g/mol. The van der Waals surface area contributed by atoms with Crippen molar-refractivity contribution in [3.05, 3.63) is 68.5 Å². The molecule has 2 aromatic carbocycles. The van der Waals surface area contributed by atoms with E-state index in [0.717, 1.165) is 81.3 Å². The number of unbranched alkanes of at least 4 members (excludes halogenated alkanes) is 2. The Morgan fingerprint density at radius 3 is 1.26 bits per heavy atom. The van der Waals surface area contributed by atoms with Crippen LogP contribution in [0.3, 0.4) is 0 Å². The predicted octanol–water partition coefficient (Wildman–Crippen LogP) is 12.7. The Hall–Kier alpha value is -6.39. The third-order valence-corrected chi connectivity index (χ3v) is 17.0. The first kappa shape index (κ1) is 82.8. The van der Waals surface area contributed by atoms with E-state index in [0.29, 0.717) is 49.6 Å². The first-order valence-electron chi connectivity index (χ1n) is 30.7. The Bertz CT molecular complexity index is 3240. The number of hydrogen-bond acceptors (Lipinski definition) is 12. The molecule has 0 spiro atoms. The fourth-order valence-corrected chi connectivity index (χ4v) is 11.3. The molecular formula is C63H82F10N8O12V2-2. The normalized spacial score (nSPS) is 21.5. The van der Waals surface area contributed by atoms with Crippen LogP contribution in [0.25, 0.3) is 22.1 Å². The van der Waals surface area contributed by atoms with Gasteiger partial charge in [0.15, 0.2) is 11.4 Å². The fraction of sp³-hybridized carbons (Fsp3) is 0.651. The largest absolute Gasteiger partial charge is 0.573 e. The second-order valence-electron chi connectivity index (χ2n) is 26.5. The van der Waals surface area contributed by atoms with Crippen molar-refractivity contribution in [3.63, 3.8) is 0 Å². The van der Waals surface area contributed by atoms with Gasteiger partial charge >= 0.3 is 24.9 Å². The van der Waals surface area contributed by atoms with E-state index in [-0.39, 0.29) is 95.7 Å². The molecule has 8 unspecified atom stereocenters. The van der Waals surface area contributed by atoms with Gasteiger partial charge in [-0.2, -0.15) is 17.6 Å². The van der Waals surface area contributed by atoms with E-state index in [1.807, 2.05) is 26.4 Å². The van der Waals surface area contributed by atoms with E-state index in [1.165, 1.54) is 9.80 Å². The number of likely N-dealkylation sites (tertiary alicyclic amines) is 2. The number of aromatic nitrogens is 4. The Labute approximate surface area is 566 Å². The molecule has 20 nitrogen and oxygen atoms in total. The van der Waals surface area contributed by atoms with Crippen molar-refractivity contribution < 1.29 is 129 Å². The van der Waals surface area contributed by atoms with Gasteiger partial charge in [-0.05, 0) is 109 Å². The summed E-state index contributed by atoms with van der Waals surface area (Å²) >= 11 is 0. The Kier molecular flexibility index (Phi) is 29.8. The maximum absolute atomic E-state index is 14.4. The molecule has 2 aliphatic carbocycles. The van der Waals surface area contributed by atoms with Crippen LogP contribution in [0.4, 0.5) is 53.5 Å². The number of rotatable bonds is 21. The molecular weight excluding hydrogens is 1350 g/mol. The van der Waals surface area contributed by atoms with Crippen LogP contribution < -0.4 is 31.2 Å². The molecule has 2 radical (unpaired) electrons. The van der Waals surface area contributed by atoms with Gasteiger partial charge in [-0.15, -0.1) is 26.3 Å². The molecule has 0 bridgehead atoms. The van der Waals surface area contributed by atoms with Crippen molar-refractivity contribution >= 4 is 58.6 Å². The first-order chi connectivity index (χ1) is 43.0. The molecule has 2 aliphatic heterocycles. The average Bonchev–Trinajstić information content (AvgIpc) is 1.63. The summed E-state index contributed by atoms with van der Waals surface area (Å²) in [5.74, 6) is -5.89. The molecule has 2 saturated carbocycles. The summed E-state index contributed by atoms with van der Waals surface area (Å²) in [6.45, 7) is 19.8. The van der Waals surface area contributed by atoms with Gasteiger partial charge in [-0.25, -0.2) is 32.1 Å². The van der Waals surface area contributed by atoms with Crippen molar-refractivity contribution in [1.29, 1.82) is 0 Å². The number of amides is 4. The van der Waals surface area contributed by atoms with Gasteiger partial charge < -0.3 is 59.7 Å². The zero-order chi connectivity index (χ0) is 69.9. The zero-order valence-corrected chi connectivity index (χ0v) is 57.1. The number of benzene rings is 2. The summed E-state index contributed by atoms with van der Waals surface area (Å²) in [6, 6.07) is 3.03. The number of carbonyl (C=O) groups is 4. The number of nitrogens with one attached hydrogen (secondary N) is 4. The fourth-order valence-electron chi connectivity index (χ4n) is 11.3. The molecule has 4 aromatic rings. The quantitative estimate of drug-likeness (QED) is 0.0257. The van der Waals surface area contributed by atoms with E-state index < -0.39 is 119 Å². The third-order valence-electron chi connectivity index (χ3n) is 17.0. The number of nitrogens with zero attached hydrogens (tertiary/aromatic N) is 4. The number of halogens is 10. The molecule has 95 heavy (non-hydrogen) atoms. The third kappa shape index (κ3) is 24.6. The molecule has 4 amide bonds. The Morgan fingerprint density at radius 1 is 0.589 bits per heavy atom. The second-order valence-corrected chi connectivity index (χ2v) is 26.5. The van der Waals surface area contributed by atoms with Crippen LogP contribution in [-0.4, -0.2) is 127 Å². The van der Waals surface area contributed by atoms with Crippen LogP contribution in [0.2, 0.25) is 0 Å². The van der Waals surface area contributed by atoms with Crippen LogP contribution in [0.15, 0.2) is 46.0 Å². The zero-order valence-electron chi connectivity index (χ0n) is 54.3. The van der Waals surface area contributed by atoms with E-state index in [9.17, 15) is 82.3 Å². The standard InChI is InChI=1S/2C18H19F5N2O2.C14H23N2O4.C13H21N2O4.2V/c2*1-10-8-11(10)4-2-3-7-17(19,20)15-16(26)25-14-9-12(27-18(21,22)23)5-6-13(14)24-15;1-5-9-6-7-16(10(9)8-17)12(18)11(14(2,3)4)15-13(19)20;1-8-5-6-15(9(8)7-16)11(17)10(13(2,3)4)14-12(18)19;;/h2*5-6,9-11H,2-4,7-8H2,1H3,(H,25,26);9-11,15H,5-7H2,1-4H3,(H,19,20);8-10,14H,5-6H2,1-4H3,(H,18,19);;/q;;2*-1;;/t;;9?,10?,11-;8?,9?,10-;;/m..11../s1. The topological polar surface area (TPSA) is 283 Å². The van der Waals surface area contributed by atoms with Crippen molar-refractivity contribution in [2.24, 2.45) is 46.3 Å². The minimum absolute atomic E-state index is 0. The minimum Gasteiger partial charge on any atom is -0.540 e. The molecule has 6 N–H and O–H groups in total. The number of alkyl halides is 10. The summed E-state index contributed by atoms with van der Waals surface area (Å²) in [7, 11) is 0. The molecule has 528 valence electrons. The van der Waals surface area contributed by atoms with Crippen molar-refractivity contribution in [2.75, 3.05) is 13.1 Å². The SMILES string of the molecule is CC1CC1CCCCC(F)(F)c1nc2ccc(OC(F)(F)F)cc2[nH]c1=O.CC1CC1CCCCC(F)(F)c1nc2ccc(OC(F)(F)F)cc2[nH]c1=O.CC1CCN(C(=O)[C@@H](NC(=O)O)C(C)(C)C)C1[C-]=O.CCC1CCN(C(=O)[C@@H](NC(=O)O)C(C)(C)C)C1[C-]=O.[V].[V]. The number of hydrogen-bond donors (Lipinski definition) is 6. The van der Waals surface area contributed by atoms with Gasteiger partial charge in [0.1, 0.15) is 23.6 Å². The second kappa shape index (κ2) is 34.2. The van der Waals surface area contributed by atoms with Crippen LogP contribution in [-0.2, 0) is 68.1 Å². The molecule has 4 heterocycles. The molecule has 4 aliphatic rings. The van der Waals surface area contributed by atoms with Crippen molar-refractivity contribution in [3.8, 4) is 11.5 Å². The van der Waals surface area contributed by atoms with Gasteiger partial charge in [-0.1, -0.05) is 113 Å². The minimum atomic E-state index is -4.90. The van der Waals surface area contributed by atoms with Gasteiger partial charge in [0.2, 0.25) is 11.8 Å². The number of aromatic amines is 2. The van der Waals surface area contributed by atoms with Gasteiger partial charge in [-0.3, -0.25) is 19.2 Å². The Morgan fingerprint density at radius 2 is 0.947 bits per heavy atom. The number of H-pyrrole nitrogens is 2. The van der Waals surface area contributed by atoms with E-state index in [1.54, 1.807) is 41.5 Å². The predicted molar refractivity (Wildman–Crippen MR) is 321 cm³/mol. The molecule has 4 fully saturated rings. The van der Waals surface area contributed by atoms with E-state index >= 15 is 0 Å². The number of carbonyl (C=O) groups excluding carboxylic acids is 4. The summed E-state index contributed by atoms with van der Waals surface area (Å²) in [6.07, 6.45) is -1.20. The maximum Gasteiger partial charge on any atom is 0.573 e. The van der Waals surface area contributed by atoms with Crippen molar-refractivity contribution in [2.45, 2.75) is 201 Å². The summed E-state index contributed by atoms with van der Waals surface area (Å²) in [4.78, 5) is 108. The van der Waals surface area contributed by atoms with Gasteiger partial charge in [0.25, 0.3) is 23.0 Å². The first-order valence-corrected chi connectivity index (χ1v) is 30.7. The summed E-state index contributed by atoms with van der Waals surface area (Å²) in [5.41, 5.74) is -5.48. The summed E-state index contributed by atoms with van der Waals surface area (Å²) in [5, 5.41) is 22.3. The average molecular weight is 1440 g/mol. The van der Waals surface area contributed by atoms with Gasteiger partial charge in [0.05, 0.1) is 22.1 Å². The molecule has 2 saturated heterocycles. The smallest absolute Gasteiger partial charge is 0.540 e. The van der Waals surface area contributed by atoms with E-state index in [4.69, 9.17) is 10.2 Å². The van der Waals surface area contributed by atoms with Crippen molar-refractivity contribution in [1.82, 2.24) is 40.4 Å². The molecule has 32 heteroatoms. The van der Waals surface area contributed by atoms with Gasteiger partial charge in [0, 0.05) is 75.2 Å². The van der Waals surface area contributed by atoms with Crippen LogP contribution in [0.1, 0.15) is 164 Å². The molecule has 2 aromatic heterocycles. The van der Waals surface area contributed by atoms with Crippen LogP contribution in [0, 0.1) is 46.3 Å². The Balaban J connectivity index is 0.000000332. The van der Waals surface area contributed by atoms with E-state index in [2.05, 4.69) is 53.9 Å². The molecule has 10 atom stereocenters. The molecule has 8 rings (SSSR count). The number of ether oxygens (including phenoxy) is 2. The number of carboxylic acid groups (broad SMARTS) is 2. The number of fused-ring (bicyclic) bond motifs is 2. The maximum atomic E-state index is 14.4. The van der Waals surface area contributed by atoms with Crippen LogP contribution in [0.5, 0.6) is 11.5 Å². The summed E-state index contributed by atoms with van der Waals surface area (Å²) < 4.78 is 139.